The van der Waals surface area contributed by atoms with E-state index in [0.717, 1.165) is 0 Å². The second kappa shape index (κ2) is 9.35. The van der Waals surface area contributed by atoms with E-state index in [1.807, 2.05) is 4.90 Å². The number of para-hydroxylation sites is 1. The number of carbonyl (C=O) groups excluding carboxylic acids is 2. The highest BCUT2D eigenvalue weighted by Gasteiger charge is 2.26. The van der Waals surface area contributed by atoms with Crippen molar-refractivity contribution in [1.82, 2.24) is 4.90 Å². The fraction of sp³-hybridized carbons (Fsp3) is 0.333. The van der Waals surface area contributed by atoms with Crippen molar-refractivity contribution in [2.75, 3.05) is 42.1 Å². The zero-order chi connectivity index (χ0) is 23.5. The van der Waals surface area contributed by atoms with Crippen LogP contribution in [0.4, 0.5) is 17.1 Å². The number of anilines is 2. The largest absolute Gasteiger partial charge is 0.362 e. The lowest BCUT2D eigenvalue weighted by atomic mass is 10.1. The van der Waals surface area contributed by atoms with Crippen LogP contribution in [0.3, 0.4) is 0 Å². The molecule has 2 amide bonds. The van der Waals surface area contributed by atoms with Crippen LogP contribution in [-0.4, -0.2) is 62.0 Å². The van der Waals surface area contributed by atoms with Crippen molar-refractivity contribution in [2.24, 2.45) is 0 Å². The third kappa shape index (κ3) is 4.88. The number of piperazine rings is 1. The molecule has 10 nitrogen and oxygen atoms in total. The first kappa shape index (κ1) is 23.2. The monoisotopic (exact) mass is 460 g/mol. The van der Waals surface area contributed by atoms with Gasteiger partial charge in [-0.05, 0) is 24.3 Å². The van der Waals surface area contributed by atoms with Crippen molar-refractivity contribution in [2.45, 2.75) is 18.7 Å². The van der Waals surface area contributed by atoms with E-state index in [4.69, 9.17) is 0 Å². The van der Waals surface area contributed by atoms with Crippen LogP contribution in [0.5, 0.6) is 0 Å². The van der Waals surface area contributed by atoms with E-state index < -0.39 is 20.7 Å². The molecular weight excluding hydrogens is 436 g/mol. The highest BCUT2D eigenvalue weighted by Crippen LogP contribution is 2.31. The molecule has 0 saturated carbocycles. The summed E-state index contributed by atoms with van der Waals surface area (Å²) in [6.07, 6.45) is 0. The average Bonchev–Trinajstić information content (AvgIpc) is 2.79. The molecule has 0 aromatic heterocycles. The molecule has 1 N–H and O–H groups in total. The van der Waals surface area contributed by atoms with Crippen LogP contribution in [-0.2, 0) is 14.6 Å². The molecule has 3 rings (SSSR count). The summed E-state index contributed by atoms with van der Waals surface area (Å²) < 4.78 is 24.6. The number of rotatable bonds is 6. The Balaban J connectivity index is 1.86. The Hall–Kier alpha value is -3.47. The number of sulfone groups is 1. The lowest BCUT2D eigenvalue weighted by molar-refractivity contribution is -0.384. The summed E-state index contributed by atoms with van der Waals surface area (Å²) in [5, 5.41) is 14.3. The number of hydrogen-bond donors (Lipinski definition) is 1. The molecule has 11 heteroatoms. The Labute approximate surface area is 185 Å². The van der Waals surface area contributed by atoms with Gasteiger partial charge in [-0.2, -0.15) is 0 Å². The number of amides is 2. The van der Waals surface area contributed by atoms with Crippen LogP contribution < -0.4 is 10.2 Å². The van der Waals surface area contributed by atoms with Crippen LogP contribution in [0.2, 0.25) is 0 Å². The quantitative estimate of drug-likeness (QED) is 0.517. The number of nitro groups is 1. The number of nitro benzene ring substituents is 1. The Morgan fingerprint density at radius 2 is 1.75 bits per heavy atom. The second-order valence-corrected chi connectivity index (χ2v) is 9.55. The highest BCUT2D eigenvalue weighted by atomic mass is 32.2. The van der Waals surface area contributed by atoms with Gasteiger partial charge in [0.05, 0.1) is 21.3 Å². The first-order chi connectivity index (χ1) is 15.1. The number of hydrogen-bond acceptors (Lipinski definition) is 7. The molecule has 0 bridgehead atoms. The summed E-state index contributed by atoms with van der Waals surface area (Å²) in [5.74, 6) is -0.826. The van der Waals surface area contributed by atoms with E-state index in [0.29, 0.717) is 31.9 Å². The predicted molar refractivity (Wildman–Crippen MR) is 120 cm³/mol. The second-order valence-electron chi connectivity index (χ2n) is 7.31. The number of benzene rings is 2. The Morgan fingerprint density at radius 1 is 1.09 bits per heavy atom. The molecule has 0 atom stereocenters. The van der Waals surface area contributed by atoms with Gasteiger partial charge in [0.25, 0.3) is 11.6 Å². The summed E-state index contributed by atoms with van der Waals surface area (Å²) >= 11 is 0. The molecule has 1 fully saturated rings. The summed E-state index contributed by atoms with van der Waals surface area (Å²) in [6, 6.07) is 10.2. The molecular formula is C21H24N4O6S. The van der Waals surface area contributed by atoms with Crippen molar-refractivity contribution in [3.05, 3.63) is 58.1 Å². The maximum atomic E-state index is 12.8. The van der Waals surface area contributed by atoms with Crippen molar-refractivity contribution in [3.63, 3.8) is 0 Å². The summed E-state index contributed by atoms with van der Waals surface area (Å²) in [4.78, 5) is 38.9. The molecule has 170 valence electrons. The van der Waals surface area contributed by atoms with Gasteiger partial charge in [-0.3, -0.25) is 19.7 Å². The molecule has 1 saturated heterocycles. The maximum absolute atomic E-state index is 12.8. The topological polar surface area (TPSA) is 130 Å². The zero-order valence-corrected chi connectivity index (χ0v) is 18.6. The Morgan fingerprint density at radius 3 is 2.34 bits per heavy atom. The van der Waals surface area contributed by atoms with E-state index in [1.54, 1.807) is 17.0 Å². The van der Waals surface area contributed by atoms with E-state index in [-0.39, 0.29) is 33.5 Å². The molecule has 1 aliphatic heterocycles. The zero-order valence-electron chi connectivity index (χ0n) is 17.8. The molecule has 1 aliphatic rings. The van der Waals surface area contributed by atoms with Crippen LogP contribution >= 0.6 is 0 Å². The van der Waals surface area contributed by atoms with Crippen LogP contribution in [0, 0.1) is 10.1 Å². The maximum Gasteiger partial charge on any atom is 0.293 e. The SMILES string of the molecule is CCS(=O)(=O)c1ccccc1NC(=O)c1ccc(N2CCN(C(C)=O)CC2)c([N+](=O)[O-])c1. The summed E-state index contributed by atoms with van der Waals surface area (Å²) in [5.41, 5.74) is 0.282. The van der Waals surface area contributed by atoms with Crippen LogP contribution in [0.25, 0.3) is 0 Å². The van der Waals surface area contributed by atoms with E-state index in [9.17, 15) is 28.1 Å². The smallest absolute Gasteiger partial charge is 0.293 e. The number of nitrogens with zero attached hydrogens (tertiary/aromatic N) is 3. The van der Waals surface area contributed by atoms with Gasteiger partial charge in [0, 0.05) is 44.7 Å². The fourth-order valence-corrected chi connectivity index (χ4v) is 4.58. The summed E-state index contributed by atoms with van der Waals surface area (Å²) in [7, 11) is -3.57. The van der Waals surface area contributed by atoms with Crippen molar-refractivity contribution in [1.29, 1.82) is 0 Å². The van der Waals surface area contributed by atoms with Gasteiger partial charge in [0.1, 0.15) is 5.69 Å². The molecule has 0 radical (unpaired) electrons. The molecule has 0 unspecified atom stereocenters. The molecule has 2 aromatic carbocycles. The minimum absolute atomic E-state index is 0.00897. The number of nitrogens with one attached hydrogen (secondary N) is 1. The van der Waals surface area contributed by atoms with Gasteiger partial charge in [-0.25, -0.2) is 8.42 Å². The van der Waals surface area contributed by atoms with Gasteiger partial charge in [0.15, 0.2) is 9.84 Å². The molecule has 0 spiro atoms. The first-order valence-electron chi connectivity index (χ1n) is 10.1. The third-order valence-electron chi connectivity index (χ3n) is 5.35. The molecule has 0 aliphatic carbocycles. The van der Waals surface area contributed by atoms with Crippen molar-refractivity contribution < 1.29 is 22.9 Å². The van der Waals surface area contributed by atoms with Gasteiger partial charge in [-0.1, -0.05) is 19.1 Å². The minimum atomic E-state index is -3.57. The predicted octanol–water partition coefficient (Wildman–Crippen LogP) is 2.31. The van der Waals surface area contributed by atoms with Gasteiger partial charge in [0.2, 0.25) is 5.91 Å². The van der Waals surface area contributed by atoms with E-state index in [1.165, 1.54) is 44.2 Å². The van der Waals surface area contributed by atoms with Gasteiger partial charge >= 0.3 is 0 Å². The van der Waals surface area contributed by atoms with Gasteiger partial charge < -0.3 is 15.1 Å². The fourth-order valence-electron chi connectivity index (χ4n) is 3.53. The highest BCUT2D eigenvalue weighted by molar-refractivity contribution is 7.91. The molecule has 2 aromatic rings. The Kier molecular flexibility index (Phi) is 6.78. The third-order valence-corrected chi connectivity index (χ3v) is 7.14. The van der Waals surface area contributed by atoms with Gasteiger partial charge in [-0.15, -0.1) is 0 Å². The van der Waals surface area contributed by atoms with Crippen molar-refractivity contribution >= 4 is 38.7 Å². The lowest BCUT2D eigenvalue weighted by Gasteiger charge is -2.35. The minimum Gasteiger partial charge on any atom is -0.362 e. The average molecular weight is 461 g/mol. The first-order valence-corrected chi connectivity index (χ1v) is 11.7. The summed E-state index contributed by atoms with van der Waals surface area (Å²) in [6.45, 7) is 4.78. The normalized spacial score (nSPS) is 14.2. The Bertz CT molecular complexity index is 1160. The molecule has 1 heterocycles. The molecule has 32 heavy (non-hydrogen) atoms. The van der Waals surface area contributed by atoms with Crippen LogP contribution in [0.15, 0.2) is 47.4 Å². The van der Waals surface area contributed by atoms with Crippen molar-refractivity contribution in [3.8, 4) is 0 Å². The lowest BCUT2D eigenvalue weighted by Crippen LogP contribution is -2.48. The van der Waals surface area contributed by atoms with Crippen LogP contribution in [0.1, 0.15) is 24.2 Å². The number of carbonyl (C=O) groups is 2. The van der Waals surface area contributed by atoms with E-state index >= 15 is 0 Å². The standard InChI is InChI=1S/C21H24N4O6S/c1-3-32(30,31)20-7-5-4-6-17(20)22-21(27)16-8-9-18(19(14-16)25(28)29)24-12-10-23(11-13-24)15(2)26/h4-9,14H,3,10-13H2,1-2H3,(H,22,27). The van der Waals surface area contributed by atoms with E-state index in [2.05, 4.69) is 5.32 Å².